The summed E-state index contributed by atoms with van der Waals surface area (Å²) in [6.07, 6.45) is 0.816. The number of hydrogen-bond acceptors (Lipinski definition) is 2. The molecule has 3 heteroatoms. The van der Waals surface area contributed by atoms with Crippen LogP contribution >= 0.6 is 0 Å². The molecule has 1 aromatic rings. The van der Waals surface area contributed by atoms with Gasteiger partial charge < -0.3 is 4.74 Å². The Kier molecular flexibility index (Phi) is 2.12. The summed E-state index contributed by atoms with van der Waals surface area (Å²) in [5.74, 6) is 0.592. The molecule has 0 aromatic heterocycles. The number of nitrogens with zero attached hydrogens (tertiary/aromatic N) is 1. The SMILES string of the molecule is COc1ccc(F)cc1C1CC1C#N. The van der Waals surface area contributed by atoms with Gasteiger partial charge in [0.2, 0.25) is 0 Å². The van der Waals surface area contributed by atoms with Crippen LogP contribution in [0, 0.1) is 23.1 Å². The van der Waals surface area contributed by atoms with E-state index >= 15 is 0 Å². The van der Waals surface area contributed by atoms with E-state index in [-0.39, 0.29) is 17.7 Å². The molecule has 2 rings (SSSR count). The molecule has 1 aliphatic carbocycles. The number of halogens is 1. The molecule has 0 radical (unpaired) electrons. The Morgan fingerprint density at radius 1 is 1.57 bits per heavy atom. The van der Waals surface area contributed by atoms with Crippen molar-refractivity contribution in [2.75, 3.05) is 7.11 Å². The predicted molar refractivity (Wildman–Crippen MR) is 49.4 cm³/mol. The molecule has 0 heterocycles. The smallest absolute Gasteiger partial charge is 0.123 e. The predicted octanol–water partition coefficient (Wildman–Crippen LogP) is 2.46. The minimum Gasteiger partial charge on any atom is -0.496 e. The van der Waals surface area contributed by atoms with Crippen molar-refractivity contribution in [2.24, 2.45) is 5.92 Å². The van der Waals surface area contributed by atoms with Gasteiger partial charge in [0.1, 0.15) is 11.6 Å². The summed E-state index contributed by atoms with van der Waals surface area (Å²) in [5, 5.41) is 8.69. The molecule has 2 unspecified atom stereocenters. The fraction of sp³-hybridized carbons (Fsp3) is 0.364. The Balaban J connectivity index is 2.33. The summed E-state index contributed by atoms with van der Waals surface area (Å²) in [7, 11) is 1.56. The van der Waals surface area contributed by atoms with E-state index in [1.165, 1.54) is 12.1 Å². The molecular formula is C11H10FNO. The lowest BCUT2D eigenvalue weighted by Crippen LogP contribution is -1.92. The highest BCUT2D eigenvalue weighted by molar-refractivity contribution is 5.41. The molecule has 2 atom stereocenters. The van der Waals surface area contributed by atoms with E-state index in [0.717, 1.165) is 12.0 Å². The highest BCUT2D eigenvalue weighted by Crippen LogP contribution is 2.49. The van der Waals surface area contributed by atoms with Gasteiger partial charge in [0, 0.05) is 11.5 Å². The lowest BCUT2D eigenvalue weighted by Gasteiger charge is -2.06. The van der Waals surface area contributed by atoms with E-state index in [2.05, 4.69) is 6.07 Å². The highest BCUT2D eigenvalue weighted by atomic mass is 19.1. The zero-order valence-electron chi connectivity index (χ0n) is 7.83. The lowest BCUT2D eigenvalue weighted by atomic mass is 10.1. The maximum atomic E-state index is 13.0. The van der Waals surface area contributed by atoms with Crippen LogP contribution in [0.15, 0.2) is 18.2 Å². The van der Waals surface area contributed by atoms with Crippen molar-refractivity contribution in [3.8, 4) is 11.8 Å². The molecule has 1 fully saturated rings. The first-order valence-corrected chi connectivity index (χ1v) is 4.49. The van der Waals surface area contributed by atoms with E-state index in [9.17, 15) is 4.39 Å². The maximum Gasteiger partial charge on any atom is 0.123 e. The van der Waals surface area contributed by atoms with Crippen LogP contribution in [-0.4, -0.2) is 7.11 Å². The molecule has 0 aliphatic heterocycles. The lowest BCUT2D eigenvalue weighted by molar-refractivity contribution is 0.408. The minimum absolute atomic E-state index is 0.0331. The van der Waals surface area contributed by atoms with Crippen molar-refractivity contribution in [3.05, 3.63) is 29.6 Å². The van der Waals surface area contributed by atoms with Gasteiger partial charge in [0.25, 0.3) is 0 Å². The van der Waals surface area contributed by atoms with Crippen LogP contribution in [0.2, 0.25) is 0 Å². The third-order valence-corrected chi connectivity index (χ3v) is 2.55. The molecule has 0 N–H and O–H groups in total. The Morgan fingerprint density at radius 2 is 2.36 bits per heavy atom. The van der Waals surface area contributed by atoms with Crippen LogP contribution < -0.4 is 4.74 Å². The van der Waals surface area contributed by atoms with Crippen molar-refractivity contribution < 1.29 is 9.13 Å². The van der Waals surface area contributed by atoms with E-state index in [4.69, 9.17) is 10.00 Å². The first-order chi connectivity index (χ1) is 6.76. The molecule has 0 spiro atoms. The Bertz CT molecular complexity index is 397. The number of hydrogen-bond donors (Lipinski definition) is 0. The van der Waals surface area contributed by atoms with Crippen molar-refractivity contribution in [1.82, 2.24) is 0 Å². The molecule has 2 nitrogen and oxygen atoms in total. The van der Waals surface area contributed by atoms with E-state index in [1.54, 1.807) is 13.2 Å². The van der Waals surface area contributed by atoms with E-state index in [1.807, 2.05) is 0 Å². The van der Waals surface area contributed by atoms with Crippen LogP contribution in [0.3, 0.4) is 0 Å². The normalized spacial score (nSPS) is 24.1. The van der Waals surface area contributed by atoms with Gasteiger partial charge in [-0.15, -0.1) is 0 Å². The van der Waals surface area contributed by atoms with E-state index in [0.29, 0.717) is 5.75 Å². The van der Waals surface area contributed by atoms with E-state index < -0.39 is 0 Å². The first kappa shape index (κ1) is 9.01. The second kappa shape index (κ2) is 3.30. The molecule has 0 amide bonds. The maximum absolute atomic E-state index is 13.0. The molecule has 0 bridgehead atoms. The van der Waals surface area contributed by atoms with Gasteiger partial charge in [0.05, 0.1) is 19.1 Å². The summed E-state index contributed by atoms with van der Waals surface area (Å²) in [4.78, 5) is 0. The first-order valence-electron chi connectivity index (χ1n) is 4.49. The standard InChI is InChI=1S/C11H10FNO/c1-14-11-3-2-8(12)5-10(11)9-4-7(9)6-13/h2-3,5,7,9H,4H2,1H3. The van der Waals surface area contributed by atoms with Gasteiger partial charge >= 0.3 is 0 Å². The molecule has 72 valence electrons. The Hall–Kier alpha value is -1.56. The second-order valence-electron chi connectivity index (χ2n) is 3.46. The number of methoxy groups -OCH3 is 1. The third kappa shape index (κ3) is 1.44. The summed E-state index contributed by atoms with van der Waals surface area (Å²) >= 11 is 0. The van der Waals surface area contributed by atoms with Crippen LogP contribution in [0.25, 0.3) is 0 Å². The van der Waals surface area contributed by atoms with Crippen LogP contribution in [0.4, 0.5) is 4.39 Å². The summed E-state index contributed by atoms with van der Waals surface area (Å²) in [5.41, 5.74) is 0.819. The number of benzene rings is 1. The summed E-state index contributed by atoms with van der Waals surface area (Å²) in [6.45, 7) is 0. The zero-order chi connectivity index (χ0) is 10.1. The number of nitriles is 1. The van der Waals surface area contributed by atoms with Gasteiger partial charge in [-0.25, -0.2) is 4.39 Å². The quantitative estimate of drug-likeness (QED) is 0.719. The second-order valence-corrected chi connectivity index (χ2v) is 3.46. The summed E-state index contributed by atoms with van der Waals surface area (Å²) < 4.78 is 18.1. The molecule has 1 aliphatic rings. The van der Waals surface area contributed by atoms with Crippen LogP contribution in [0.1, 0.15) is 17.9 Å². The largest absolute Gasteiger partial charge is 0.496 e. The van der Waals surface area contributed by atoms with Gasteiger partial charge in [-0.05, 0) is 24.6 Å². The monoisotopic (exact) mass is 191 g/mol. The zero-order valence-corrected chi connectivity index (χ0v) is 7.83. The minimum atomic E-state index is -0.274. The van der Waals surface area contributed by atoms with Gasteiger partial charge in [0.15, 0.2) is 0 Å². The molecular weight excluding hydrogens is 181 g/mol. The Labute approximate surface area is 81.9 Å². The topological polar surface area (TPSA) is 33.0 Å². The average molecular weight is 191 g/mol. The molecule has 14 heavy (non-hydrogen) atoms. The average Bonchev–Trinajstić information content (AvgIpc) is 2.96. The van der Waals surface area contributed by atoms with Crippen LogP contribution in [-0.2, 0) is 0 Å². The third-order valence-electron chi connectivity index (χ3n) is 2.55. The number of ether oxygens (including phenoxy) is 1. The molecule has 1 saturated carbocycles. The summed E-state index contributed by atoms with van der Waals surface area (Å²) in [6, 6.07) is 6.62. The van der Waals surface area contributed by atoms with Crippen molar-refractivity contribution >= 4 is 0 Å². The van der Waals surface area contributed by atoms with Crippen LogP contribution in [0.5, 0.6) is 5.75 Å². The van der Waals surface area contributed by atoms with Gasteiger partial charge in [-0.1, -0.05) is 0 Å². The fourth-order valence-corrected chi connectivity index (χ4v) is 1.68. The number of rotatable bonds is 2. The molecule has 1 aromatic carbocycles. The van der Waals surface area contributed by atoms with Gasteiger partial charge in [-0.3, -0.25) is 0 Å². The molecule has 0 saturated heterocycles. The van der Waals surface area contributed by atoms with Gasteiger partial charge in [-0.2, -0.15) is 5.26 Å². The van der Waals surface area contributed by atoms with Crippen molar-refractivity contribution in [1.29, 1.82) is 5.26 Å². The van der Waals surface area contributed by atoms with Crippen molar-refractivity contribution in [3.63, 3.8) is 0 Å². The highest BCUT2D eigenvalue weighted by Gasteiger charge is 2.40. The van der Waals surface area contributed by atoms with Crippen molar-refractivity contribution in [2.45, 2.75) is 12.3 Å². The Morgan fingerprint density at radius 3 is 2.93 bits per heavy atom. The fourth-order valence-electron chi connectivity index (χ4n) is 1.68.